The number of hydrogen-bond acceptors (Lipinski definition) is 5. The van der Waals surface area contributed by atoms with Crippen LogP contribution in [0.3, 0.4) is 0 Å². The van der Waals surface area contributed by atoms with Crippen molar-refractivity contribution in [2.24, 2.45) is 7.05 Å². The third-order valence-electron chi connectivity index (χ3n) is 4.64. The van der Waals surface area contributed by atoms with Gasteiger partial charge in [0.25, 0.3) is 5.91 Å². The van der Waals surface area contributed by atoms with Crippen LogP contribution in [-0.2, 0) is 7.05 Å². The lowest BCUT2D eigenvalue weighted by atomic mass is 10.2. The van der Waals surface area contributed by atoms with Gasteiger partial charge in [0, 0.05) is 19.3 Å². The number of amides is 3. The van der Waals surface area contributed by atoms with Crippen molar-refractivity contribution in [3.63, 3.8) is 0 Å². The number of nitrogens with one attached hydrogen (secondary N) is 2. The molecule has 4 rings (SSSR count). The number of rotatable bonds is 4. The molecule has 1 aromatic carbocycles. The lowest BCUT2D eigenvalue weighted by Crippen LogP contribution is -2.31. The summed E-state index contributed by atoms with van der Waals surface area (Å²) in [6.07, 6.45) is 3.45. The predicted molar refractivity (Wildman–Crippen MR) is 107 cm³/mol. The van der Waals surface area contributed by atoms with Gasteiger partial charge in [-0.1, -0.05) is 18.2 Å². The van der Waals surface area contributed by atoms with Crippen LogP contribution in [0.25, 0.3) is 0 Å². The van der Waals surface area contributed by atoms with E-state index in [4.69, 9.17) is 0 Å². The maximum absolute atomic E-state index is 13.0. The predicted octanol–water partition coefficient (Wildman–Crippen LogP) is 3.50. The van der Waals surface area contributed by atoms with Crippen molar-refractivity contribution in [2.75, 3.05) is 17.2 Å². The lowest BCUT2D eigenvalue weighted by molar-refractivity contribution is 0.0733. The van der Waals surface area contributed by atoms with Crippen LogP contribution in [0.4, 0.5) is 15.5 Å². The lowest BCUT2D eigenvalue weighted by Gasteiger charge is -2.23. The first-order valence-corrected chi connectivity index (χ1v) is 9.81. The molecule has 0 unspecified atom stereocenters. The fraction of sp³-hybridized carbons (Fsp3) is 0.263. The molecule has 3 amide bonds. The SMILES string of the molecule is Cn1cnnc1[C@@H]1CCCN1C(=O)c1ccc(NC(=O)Nc2ccccc2)s1. The first kappa shape index (κ1) is 18.2. The number of thiophene rings is 1. The van der Waals surface area contributed by atoms with Gasteiger partial charge in [0.15, 0.2) is 5.82 Å². The van der Waals surface area contributed by atoms with E-state index in [9.17, 15) is 9.59 Å². The van der Waals surface area contributed by atoms with Gasteiger partial charge in [-0.2, -0.15) is 0 Å². The minimum absolute atomic E-state index is 0.0491. The first-order valence-electron chi connectivity index (χ1n) is 8.99. The average Bonchev–Trinajstić information content (AvgIpc) is 3.42. The molecule has 28 heavy (non-hydrogen) atoms. The van der Waals surface area contributed by atoms with Gasteiger partial charge < -0.3 is 14.8 Å². The highest BCUT2D eigenvalue weighted by molar-refractivity contribution is 7.18. The number of anilines is 2. The number of benzene rings is 1. The van der Waals surface area contributed by atoms with Crippen LogP contribution in [0, 0.1) is 0 Å². The van der Waals surface area contributed by atoms with E-state index < -0.39 is 0 Å². The molecular weight excluding hydrogens is 376 g/mol. The molecule has 1 atom stereocenters. The number of hydrogen-bond donors (Lipinski definition) is 2. The van der Waals surface area contributed by atoms with E-state index in [0.29, 0.717) is 22.1 Å². The van der Waals surface area contributed by atoms with Crippen LogP contribution in [0.2, 0.25) is 0 Å². The second kappa shape index (κ2) is 7.81. The van der Waals surface area contributed by atoms with Gasteiger partial charge in [-0.3, -0.25) is 10.1 Å². The molecule has 0 bridgehead atoms. The third kappa shape index (κ3) is 3.74. The number of aryl methyl sites for hydroxylation is 1. The van der Waals surface area contributed by atoms with Gasteiger partial charge in [-0.05, 0) is 37.1 Å². The highest BCUT2D eigenvalue weighted by atomic mass is 32.1. The Kier molecular flexibility index (Phi) is 5.07. The summed E-state index contributed by atoms with van der Waals surface area (Å²) in [6.45, 7) is 0.686. The van der Waals surface area contributed by atoms with Crippen molar-refractivity contribution in [1.29, 1.82) is 0 Å². The minimum Gasteiger partial charge on any atom is -0.328 e. The molecule has 3 aromatic rings. The highest BCUT2D eigenvalue weighted by Gasteiger charge is 2.34. The van der Waals surface area contributed by atoms with Crippen LogP contribution in [-0.4, -0.2) is 38.1 Å². The zero-order chi connectivity index (χ0) is 19.5. The van der Waals surface area contributed by atoms with E-state index in [1.54, 1.807) is 18.5 Å². The molecule has 1 aliphatic heterocycles. The van der Waals surface area contributed by atoms with E-state index in [2.05, 4.69) is 20.8 Å². The van der Waals surface area contributed by atoms with Crippen LogP contribution in [0.15, 0.2) is 48.8 Å². The van der Waals surface area contributed by atoms with Crippen LogP contribution < -0.4 is 10.6 Å². The Morgan fingerprint density at radius 3 is 2.71 bits per heavy atom. The zero-order valence-corrected chi connectivity index (χ0v) is 16.1. The van der Waals surface area contributed by atoms with Gasteiger partial charge in [0.05, 0.1) is 15.9 Å². The number of urea groups is 1. The number of para-hydroxylation sites is 1. The Bertz CT molecular complexity index is 983. The number of carbonyl (C=O) groups is 2. The maximum Gasteiger partial charge on any atom is 0.324 e. The number of carbonyl (C=O) groups excluding carboxylic acids is 2. The topological polar surface area (TPSA) is 92.2 Å². The van der Waals surface area contributed by atoms with E-state index in [-0.39, 0.29) is 18.0 Å². The second-order valence-corrected chi connectivity index (χ2v) is 7.65. The second-order valence-electron chi connectivity index (χ2n) is 6.57. The Labute approximate surface area is 166 Å². The van der Waals surface area contributed by atoms with Crippen molar-refractivity contribution in [1.82, 2.24) is 19.7 Å². The molecule has 1 fully saturated rings. The molecule has 0 aliphatic carbocycles. The Hall–Kier alpha value is -3.20. The van der Waals surface area contributed by atoms with E-state index >= 15 is 0 Å². The fourth-order valence-corrected chi connectivity index (χ4v) is 4.19. The smallest absolute Gasteiger partial charge is 0.324 e. The van der Waals surface area contributed by atoms with E-state index in [0.717, 1.165) is 18.7 Å². The van der Waals surface area contributed by atoms with Crippen LogP contribution in [0.5, 0.6) is 0 Å². The van der Waals surface area contributed by atoms with Crippen LogP contribution in [0.1, 0.15) is 34.4 Å². The Balaban J connectivity index is 1.43. The molecule has 2 aromatic heterocycles. The van der Waals surface area contributed by atoms with Crippen molar-refractivity contribution in [3.05, 3.63) is 59.5 Å². The third-order valence-corrected chi connectivity index (χ3v) is 5.63. The molecule has 1 aliphatic rings. The van der Waals surface area contributed by atoms with Crippen molar-refractivity contribution in [2.45, 2.75) is 18.9 Å². The molecule has 0 radical (unpaired) electrons. The Morgan fingerprint density at radius 2 is 1.96 bits per heavy atom. The van der Waals surface area contributed by atoms with Gasteiger partial charge in [0.1, 0.15) is 6.33 Å². The molecule has 0 saturated carbocycles. The quantitative estimate of drug-likeness (QED) is 0.706. The average molecular weight is 396 g/mol. The highest BCUT2D eigenvalue weighted by Crippen LogP contribution is 2.33. The largest absolute Gasteiger partial charge is 0.328 e. The standard InChI is InChI=1S/C19H20N6O2S/c1-24-12-20-23-17(24)14-8-5-11-25(14)18(26)15-9-10-16(28-15)22-19(27)21-13-6-3-2-4-7-13/h2-4,6-7,9-10,12,14H,5,8,11H2,1H3,(H2,21,22,27)/t14-/m0/s1. The molecule has 8 nitrogen and oxygen atoms in total. The Morgan fingerprint density at radius 1 is 1.14 bits per heavy atom. The van der Waals surface area contributed by atoms with E-state index in [1.165, 1.54) is 11.3 Å². The number of aromatic nitrogens is 3. The molecule has 9 heteroatoms. The van der Waals surface area contributed by atoms with Gasteiger partial charge in [0.2, 0.25) is 0 Å². The van der Waals surface area contributed by atoms with E-state index in [1.807, 2.05) is 46.8 Å². The molecule has 2 N–H and O–H groups in total. The van der Waals surface area contributed by atoms with Crippen LogP contribution >= 0.6 is 11.3 Å². The summed E-state index contributed by atoms with van der Waals surface area (Å²) in [5.74, 6) is 0.745. The molecule has 0 spiro atoms. The first-order chi connectivity index (χ1) is 13.6. The van der Waals surface area contributed by atoms with Gasteiger partial charge in [-0.25, -0.2) is 4.79 Å². The molecule has 144 valence electrons. The summed E-state index contributed by atoms with van der Waals surface area (Å²) >= 11 is 1.26. The summed E-state index contributed by atoms with van der Waals surface area (Å²) in [5.41, 5.74) is 0.705. The summed E-state index contributed by atoms with van der Waals surface area (Å²) in [5, 5.41) is 14.2. The number of likely N-dealkylation sites (tertiary alicyclic amines) is 1. The van der Waals surface area contributed by atoms with Gasteiger partial charge in [-0.15, -0.1) is 21.5 Å². The molecule has 3 heterocycles. The number of nitrogens with zero attached hydrogens (tertiary/aromatic N) is 4. The summed E-state index contributed by atoms with van der Waals surface area (Å²) in [7, 11) is 1.88. The van der Waals surface area contributed by atoms with Gasteiger partial charge >= 0.3 is 6.03 Å². The minimum atomic E-state index is -0.342. The summed E-state index contributed by atoms with van der Waals surface area (Å²) in [6, 6.07) is 12.3. The zero-order valence-electron chi connectivity index (χ0n) is 15.3. The molecular formula is C19H20N6O2S. The maximum atomic E-state index is 13.0. The monoisotopic (exact) mass is 396 g/mol. The van der Waals surface area contributed by atoms with Crippen molar-refractivity contribution in [3.8, 4) is 0 Å². The summed E-state index contributed by atoms with van der Waals surface area (Å²) < 4.78 is 1.85. The normalized spacial score (nSPS) is 16.2. The van der Waals surface area contributed by atoms with Crippen molar-refractivity contribution < 1.29 is 9.59 Å². The molecule has 1 saturated heterocycles. The summed E-state index contributed by atoms with van der Waals surface area (Å²) in [4.78, 5) is 27.6. The fourth-order valence-electron chi connectivity index (χ4n) is 3.33. The van der Waals surface area contributed by atoms with Crippen molar-refractivity contribution >= 4 is 34.0 Å².